The van der Waals surface area contributed by atoms with Crippen LogP contribution in [0, 0.1) is 5.82 Å². The van der Waals surface area contributed by atoms with E-state index in [2.05, 4.69) is 5.16 Å². The summed E-state index contributed by atoms with van der Waals surface area (Å²) in [6.45, 7) is 9.52. The Morgan fingerprint density at radius 3 is 2.18 bits per heavy atom. The number of benzene rings is 1. The Bertz CT molecular complexity index is 751. The van der Waals surface area contributed by atoms with Crippen molar-refractivity contribution in [1.29, 1.82) is 0 Å². The number of amides is 1. The Hall–Kier alpha value is -2.84. The van der Waals surface area contributed by atoms with Crippen molar-refractivity contribution in [3.8, 4) is 0 Å². The summed E-state index contributed by atoms with van der Waals surface area (Å²) in [6, 6.07) is 3.90. The highest BCUT2D eigenvalue weighted by Gasteiger charge is 2.27. The SMILES string of the molecule is CC(C)(C)OC(=O)CN(Cc1ccc(/C(N)=N/O)cc1F)C(=O)OC(C)(C)C. The molecule has 9 heteroatoms. The van der Waals surface area contributed by atoms with E-state index in [0.717, 1.165) is 11.0 Å². The van der Waals surface area contributed by atoms with Gasteiger partial charge in [0.2, 0.25) is 0 Å². The first-order valence-corrected chi connectivity index (χ1v) is 8.68. The topological polar surface area (TPSA) is 114 Å². The second kappa shape index (κ2) is 8.90. The lowest BCUT2D eigenvalue weighted by Gasteiger charge is -2.28. The smallest absolute Gasteiger partial charge is 0.411 e. The molecule has 0 radical (unpaired) electrons. The number of carbonyl (C=O) groups is 2. The van der Waals surface area contributed by atoms with Crippen LogP contribution in [-0.4, -0.2) is 45.8 Å². The molecule has 0 aliphatic rings. The molecule has 1 aromatic rings. The lowest BCUT2D eigenvalue weighted by atomic mass is 10.1. The molecule has 8 nitrogen and oxygen atoms in total. The van der Waals surface area contributed by atoms with Crippen molar-refractivity contribution in [2.45, 2.75) is 59.3 Å². The second-order valence-electron chi connectivity index (χ2n) is 8.21. The number of rotatable bonds is 5. The van der Waals surface area contributed by atoms with E-state index in [1.165, 1.54) is 12.1 Å². The summed E-state index contributed by atoms with van der Waals surface area (Å²) < 4.78 is 25.0. The van der Waals surface area contributed by atoms with Gasteiger partial charge in [0.25, 0.3) is 0 Å². The van der Waals surface area contributed by atoms with Crippen molar-refractivity contribution < 1.29 is 28.7 Å². The van der Waals surface area contributed by atoms with Crippen LogP contribution in [-0.2, 0) is 20.8 Å². The standard InChI is InChI=1S/C19H28FN3O5/c1-18(2,3)27-15(24)11-23(17(25)28-19(4,5)6)10-13-8-7-12(9-14(13)20)16(21)22-26/h7-9,26H,10-11H2,1-6H3,(H2,21,22). The van der Waals surface area contributed by atoms with Gasteiger partial charge in [0.15, 0.2) is 5.84 Å². The van der Waals surface area contributed by atoms with E-state index in [1.54, 1.807) is 41.5 Å². The number of esters is 1. The van der Waals surface area contributed by atoms with Crippen molar-refractivity contribution in [3.63, 3.8) is 0 Å². The molecule has 0 aliphatic carbocycles. The predicted octanol–water partition coefficient (Wildman–Crippen LogP) is 3.00. The fourth-order valence-corrected chi connectivity index (χ4v) is 2.14. The summed E-state index contributed by atoms with van der Waals surface area (Å²) in [6.07, 6.45) is -0.779. The molecule has 0 saturated heterocycles. The molecule has 0 bridgehead atoms. The number of hydrogen-bond donors (Lipinski definition) is 2. The monoisotopic (exact) mass is 397 g/mol. The maximum atomic E-state index is 14.4. The van der Waals surface area contributed by atoms with E-state index in [0.29, 0.717) is 0 Å². The Morgan fingerprint density at radius 2 is 1.71 bits per heavy atom. The molecule has 0 heterocycles. The summed E-state index contributed by atoms with van der Waals surface area (Å²) in [7, 11) is 0. The minimum atomic E-state index is -0.794. The summed E-state index contributed by atoms with van der Waals surface area (Å²) in [5, 5.41) is 11.5. The van der Waals surface area contributed by atoms with Gasteiger partial charge in [-0.15, -0.1) is 0 Å². The minimum absolute atomic E-state index is 0.129. The van der Waals surface area contributed by atoms with Gasteiger partial charge in [-0.2, -0.15) is 0 Å². The van der Waals surface area contributed by atoms with Crippen LogP contribution >= 0.6 is 0 Å². The van der Waals surface area contributed by atoms with Gasteiger partial charge in [-0.1, -0.05) is 17.3 Å². The maximum absolute atomic E-state index is 14.4. The number of carbonyl (C=O) groups excluding carboxylic acids is 2. The summed E-state index contributed by atoms with van der Waals surface area (Å²) >= 11 is 0. The number of oxime groups is 1. The molecule has 1 aromatic carbocycles. The molecule has 28 heavy (non-hydrogen) atoms. The van der Waals surface area contributed by atoms with Crippen LogP contribution in [0.2, 0.25) is 0 Å². The first-order chi connectivity index (χ1) is 12.7. The van der Waals surface area contributed by atoms with Crippen molar-refractivity contribution >= 4 is 17.9 Å². The Labute approximate surface area is 164 Å². The molecule has 0 spiro atoms. The molecule has 0 unspecified atom stereocenters. The number of nitrogens with two attached hydrogens (primary N) is 1. The van der Waals surface area contributed by atoms with Crippen molar-refractivity contribution in [1.82, 2.24) is 4.90 Å². The lowest BCUT2D eigenvalue weighted by Crippen LogP contribution is -2.41. The molecule has 0 saturated carbocycles. The molecule has 0 aromatic heterocycles. The van der Waals surface area contributed by atoms with Crippen LogP contribution in [0.4, 0.5) is 9.18 Å². The number of amidine groups is 1. The quantitative estimate of drug-likeness (QED) is 0.259. The molecule has 1 rings (SSSR count). The van der Waals surface area contributed by atoms with Gasteiger partial charge in [-0.25, -0.2) is 9.18 Å². The molecule has 156 valence electrons. The number of nitrogens with zero attached hydrogens (tertiary/aromatic N) is 2. The molecule has 0 aliphatic heterocycles. The van der Waals surface area contributed by atoms with Gasteiger partial charge in [-0.3, -0.25) is 9.69 Å². The number of hydrogen-bond acceptors (Lipinski definition) is 6. The van der Waals surface area contributed by atoms with Gasteiger partial charge >= 0.3 is 12.1 Å². The molecule has 1 amide bonds. The Kier molecular flexibility index (Phi) is 7.37. The largest absolute Gasteiger partial charge is 0.459 e. The van der Waals surface area contributed by atoms with Crippen LogP contribution in [0.5, 0.6) is 0 Å². The predicted molar refractivity (Wildman–Crippen MR) is 101 cm³/mol. The zero-order chi connectivity index (χ0) is 21.7. The maximum Gasteiger partial charge on any atom is 0.411 e. The minimum Gasteiger partial charge on any atom is -0.459 e. The fraction of sp³-hybridized carbons (Fsp3) is 0.526. The highest BCUT2D eigenvalue weighted by Crippen LogP contribution is 2.17. The summed E-state index contributed by atoms with van der Waals surface area (Å²) in [4.78, 5) is 25.7. The van der Waals surface area contributed by atoms with Crippen molar-refractivity contribution in [2.75, 3.05) is 6.54 Å². The Balaban J connectivity index is 3.08. The van der Waals surface area contributed by atoms with Gasteiger partial charge in [0.1, 0.15) is 23.6 Å². The van der Waals surface area contributed by atoms with E-state index in [4.69, 9.17) is 20.4 Å². The average Bonchev–Trinajstić information content (AvgIpc) is 2.51. The van der Waals surface area contributed by atoms with Gasteiger partial charge in [0.05, 0.1) is 6.54 Å². The van der Waals surface area contributed by atoms with Crippen LogP contribution in [0.1, 0.15) is 52.7 Å². The zero-order valence-corrected chi connectivity index (χ0v) is 17.1. The summed E-state index contributed by atoms with van der Waals surface area (Å²) in [5.74, 6) is -1.57. The van der Waals surface area contributed by atoms with Gasteiger partial charge in [0, 0.05) is 11.1 Å². The normalized spacial score (nSPS) is 12.5. The van der Waals surface area contributed by atoms with Gasteiger partial charge < -0.3 is 20.4 Å². The van der Waals surface area contributed by atoms with E-state index >= 15 is 0 Å². The zero-order valence-electron chi connectivity index (χ0n) is 17.1. The third-order valence-electron chi connectivity index (χ3n) is 3.21. The molecular formula is C19H28FN3O5. The van der Waals surface area contributed by atoms with Crippen LogP contribution in [0.25, 0.3) is 0 Å². The third-order valence-corrected chi connectivity index (χ3v) is 3.21. The van der Waals surface area contributed by atoms with E-state index < -0.39 is 35.6 Å². The molecule has 0 fully saturated rings. The molecular weight excluding hydrogens is 369 g/mol. The number of ether oxygens (including phenoxy) is 2. The van der Waals surface area contributed by atoms with Crippen molar-refractivity contribution in [3.05, 3.63) is 35.1 Å². The van der Waals surface area contributed by atoms with E-state index in [-0.39, 0.29) is 23.5 Å². The molecule has 0 atom stereocenters. The Morgan fingerprint density at radius 1 is 1.14 bits per heavy atom. The van der Waals surface area contributed by atoms with E-state index in [1.807, 2.05) is 0 Å². The van der Waals surface area contributed by atoms with Crippen LogP contribution in [0.15, 0.2) is 23.4 Å². The highest BCUT2D eigenvalue weighted by atomic mass is 19.1. The highest BCUT2D eigenvalue weighted by molar-refractivity contribution is 5.97. The summed E-state index contributed by atoms with van der Waals surface area (Å²) in [5.41, 5.74) is 4.23. The molecule has 3 N–H and O–H groups in total. The second-order valence-corrected chi connectivity index (χ2v) is 8.21. The van der Waals surface area contributed by atoms with E-state index in [9.17, 15) is 14.0 Å². The van der Waals surface area contributed by atoms with Crippen LogP contribution < -0.4 is 5.73 Å². The van der Waals surface area contributed by atoms with Crippen molar-refractivity contribution in [2.24, 2.45) is 10.9 Å². The first-order valence-electron chi connectivity index (χ1n) is 8.68. The number of halogens is 1. The van der Waals surface area contributed by atoms with Crippen LogP contribution in [0.3, 0.4) is 0 Å². The third kappa shape index (κ3) is 7.81. The lowest BCUT2D eigenvalue weighted by molar-refractivity contribution is -0.156. The fourth-order valence-electron chi connectivity index (χ4n) is 2.14. The van der Waals surface area contributed by atoms with Gasteiger partial charge in [-0.05, 0) is 47.6 Å². The average molecular weight is 397 g/mol. The first kappa shape index (κ1) is 23.2.